The van der Waals surface area contributed by atoms with Gasteiger partial charge >= 0.3 is 0 Å². The Labute approximate surface area is 88.3 Å². The molecular formula is C9H16N4S. The topological polar surface area (TPSA) is 66.0 Å². The standard InChI is InChI=1S/C9H16N4S/c1-7(3-9(10)11)13(2)4-8-5-14-6-12-8/h5-7H,3-4H2,1-2H3,(H3,10,11). The summed E-state index contributed by atoms with van der Waals surface area (Å²) in [5.74, 6) is 0.239. The van der Waals surface area contributed by atoms with Gasteiger partial charge < -0.3 is 5.73 Å². The average Bonchev–Trinajstić information content (AvgIpc) is 2.55. The van der Waals surface area contributed by atoms with Gasteiger partial charge in [-0.3, -0.25) is 10.3 Å². The molecule has 1 atom stereocenters. The van der Waals surface area contributed by atoms with Crippen molar-refractivity contribution in [1.82, 2.24) is 9.88 Å². The van der Waals surface area contributed by atoms with Gasteiger partial charge in [-0.15, -0.1) is 11.3 Å². The molecule has 5 heteroatoms. The van der Waals surface area contributed by atoms with Gasteiger partial charge in [-0.05, 0) is 14.0 Å². The van der Waals surface area contributed by atoms with E-state index >= 15 is 0 Å². The Bertz CT molecular complexity index is 283. The van der Waals surface area contributed by atoms with Gasteiger partial charge in [-0.2, -0.15) is 0 Å². The van der Waals surface area contributed by atoms with Crippen molar-refractivity contribution in [3.05, 3.63) is 16.6 Å². The van der Waals surface area contributed by atoms with Crippen LogP contribution in [0.2, 0.25) is 0 Å². The summed E-state index contributed by atoms with van der Waals surface area (Å²) in [6, 6.07) is 0.286. The monoisotopic (exact) mass is 212 g/mol. The summed E-state index contributed by atoms with van der Waals surface area (Å²) in [7, 11) is 2.02. The number of nitrogens with two attached hydrogens (primary N) is 1. The third kappa shape index (κ3) is 3.43. The van der Waals surface area contributed by atoms with Crippen molar-refractivity contribution in [2.45, 2.75) is 25.9 Å². The summed E-state index contributed by atoms with van der Waals surface area (Å²) in [4.78, 5) is 6.36. The van der Waals surface area contributed by atoms with E-state index in [1.807, 2.05) is 17.9 Å². The highest BCUT2D eigenvalue weighted by Gasteiger charge is 2.11. The fraction of sp³-hybridized carbons (Fsp3) is 0.556. The van der Waals surface area contributed by atoms with Gasteiger partial charge in [0.1, 0.15) is 0 Å². The number of rotatable bonds is 5. The number of thiazole rings is 1. The van der Waals surface area contributed by atoms with Gasteiger partial charge in [-0.1, -0.05) is 0 Å². The summed E-state index contributed by atoms with van der Waals surface area (Å²) < 4.78 is 0. The fourth-order valence-corrected chi connectivity index (χ4v) is 1.75. The van der Waals surface area contributed by atoms with E-state index in [1.54, 1.807) is 11.3 Å². The molecule has 3 N–H and O–H groups in total. The molecule has 1 heterocycles. The second-order valence-electron chi connectivity index (χ2n) is 3.47. The van der Waals surface area contributed by atoms with Crippen LogP contribution in [0, 0.1) is 5.41 Å². The molecule has 0 saturated carbocycles. The van der Waals surface area contributed by atoms with Crippen LogP contribution in [0.25, 0.3) is 0 Å². The summed E-state index contributed by atoms with van der Waals surface area (Å²) in [6.07, 6.45) is 0.612. The molecule has 4 nitrogen and oxygen atoms in total. The number of nitrogens with zero attached hydrogens (tertiary/aromatic N) is 2. The Morgan fingerprint density at radius 3 is 3.00 bits per heavy atom. The van der Waals surface area contributed by atoms with Crippen LogP contribution in [0.4, 0.5) is 0 Å². The van der Waals surface area contributed by atoms with Crippen molar-refractivity contribution in [3.8, 4) is 0 Å². The van der Waals surface area contributed by atoms with Crippen molar-refractivity contribution < 1.29 is 0 Å². The van der Waals surface area contributed by atoms with Crippen LogP contribution in [0.15, 0.2) is 10.9 Å². The summed E-state index contributed by atoms with van der Waals surface area (Å²) in [6.45, 7) is 2.88. The molecule has 1 rings (SSSR count). The number of hydrogen-bond donors (Lipinski definition) is 2. The zero-order valence-electron chi connectivity index (χ0n) is 8.53. The molecule has 0 bridgehead atoms. The molecule has 0 radical (unpaired) electrons. The van der Waals surface area contributed by atoms with E-state index < -0.39 is 0 Å². The van der Waals surface area contributed by atoms with Gasteiger partial charge in [0.15, 0.2) is 0 Å². The second-order valence-corrected chi connectivity index (χ2v) is 4.19. The maximum atomic E-state index is 7.21. The van der Waals surface area contributed by atoms with E-state index in [2.05, 4.69) is 16.8 Å². The van der Waals surface area contributed by atoms with Crippen LogP contribution in [0.5, 0.6) is 0 Å². The molecule has 0 saturated heterocycles. The van der Waals surface area contributed by atoms with E-state index in [9.17, 15) is 0 Å². The second kappa shape index (κ2) is 5.07. The Morgan fingerprint density at radius 2 is 2.50 bits per heavy atom. The molecule has 0 amide bonds. The lowest BCUT2D eigenvalue weighted by Crippen LogP contribution is -2.32. The van der Waals surface area contributed by atoms with Crippen molar-refractivity contribution in [3.63, 3.8) is 0 Å². The predicted octanol–water partition coefficient (Wildman–Crippen LogP) is 1.29. The molecule has 0 aliphatic rings. The van der Waals surface area contributed by atoms with Crippen LogP contribution < -0.4 is 5.73 Å². The van der Waals surface area contributed by atoms with E-state index in [0.29, 0.717) is 6.42 Å². The smallest absolute Gasteiger partial charge is 0.0920 e. The first-order valence-corrected chi connectivity index (χ1v) is 5.44. The van der Waals surface area contributed by atoms with Gasteiger partial charge in [0, 0.05) is 24.4 Å². The van der Waals surface area contributed by atoms with Crippen molar-refractivity contribution >= 4 is 17.2 Å². The summed E-state index contributed by atoms with van der Waals surface area (Å²) in [5.41, 5.74) is 8.26. The van der Waals surface area contributed by atoms with E-state index in [4.69, 9.17) is 11.1 Å². The Balaban J connectivity index is 2.41. The minimum Gasteiger partial charge on any atom is -0.388 e. The maximum absolute atomic E-state index is 7.21. The summed E-state index contributed by atoms with van der Waals surface area (Å²) >= 11 is 1.60. The molecule has 78 valence electrons. The van der Waals surface area contributed by atoms with Crippen LogP contribution in [0.1, 0.15) is 19.0 Å². The molecule has 0 spiro atoms. The first-order valence-electron chi connectivity index (χ1n) is 4.49. The molecule has 1 unspecified atom stereocenters. The maximum Gasteiger partial charge on any atom is 0.0920 e. The summed E-state index contributed by atoms with van der Waals surface area (Å²) in [5, 5.41) is 9.24. The molecular weight excluding hydrogens is 196 g/mol. The fourth-order valence-electron chi connectivity index (χ4n) is 1.20. The van der Waals surface area contributed by atoms with E-state index in [0.717, 1.165) is 12.2 Å². The Morgan fingerprint density at radius 1 is 1.79 bits per heavy atom. The minimum absolute atomic E-state index is 0.239. The quantitative estimate of drug-likeness (QED) is 0.571. The van der Waals surface area contributed by atoms with Crippen LogP contribution in [-0.2, 0) is 6.54 Å². The zero-order chi connectivity index (χ0) is 10.6. The molecule has 0 fully saturated rings. The number of amidine groups is 1. The highest BCUT2D eigenvalue weighted by Crippen LogP contribution is 2.08. The third-order valence-electron chi connectivity index (χ3n) is 2.16. The van der Waals surface area contributed by atoms with Gasteiger partial charge in [-0.25, -0.2) is 4.98 Å². The Hall–Kier alpha value is -0.940. The van der Waals surface area contributed by atoms with Gasteiger partial charge in [0.05, 0.1) is 17.0 Å². The lowest BCUT2D eigenvalue weighted by molar-refractivity contribution is 0.252. The van der Waals surface area contributed by atoms with E-state index in [1.165, 1.54) is 0 Å². The molecule has 0 aromatic carbocycles. The first kappa shape index (κ1) is 11.1. The normalized spacial score (nSPS) is 13.1. The number of nitrogens with one attached hydrogen (secondary N) is 1. The Kier molecular flexibility index (Phi) is 4.03. The number of aromatic nitrogens is 1. The molecule has 14 heavy (non-hydrogen) atoms. The van der Waals surface area contributed by atoms with Gasteiger partial charge in [0.25, 0.3) is 0 Å². The number of hydrogen-bond acceptors (Lipinski definition) is 4. The first-order chi connectivity index (χ1) is 6.59. The lowest BCUT2D eigenvalue weighted by atomic mass is 10.2. The largest absolute Gasteiger partial charge is 0.388 e. The molecule has 1 aromatic rings. The lowest BCUT2D eigenvalue weighted by Gasteiger charge is -2.23. The zero-order valence-corrected chi connectivity index (χ0v) is 9.34. The molecule has 1 aromatic heterocycles. The SMILES string of the molecule is CC(CC(=N)N)N(C)Cc1cscn1. The third-order valence-corrected chi connectivity index (χ3v) is 2.80. The molecule has 0 aliphatic carbocycles. The van der Waals surface area contributed by atoms with Crippen LogP contribution in [-0.4, -0.2) is 28.8 Å². The average molecular weight is 212 g/mol. The van der Waals surface area contributed by atoms with Crippen molar-refractivity contribution in [1.29, 1.82) is 5.41 Å². The van der Waals surface area contributed by atoms with Gasteiger partial charge in [0.2, 0.25) is 0 Å². The predicted molar refractivity (Wildman–Crippen MR) is 59.6 cm³/mol. The van der Waals surface area contributed by atoms with Crippen LogP contribution in [0.3, 0.4) is 0 Å². The highest BCUT2D eigenvalue weighted by atomic mass is 32.1. The van der Waals surface area contributed by atoms with Crippen LogP contribution >= 0.6 is 11.3 Å². The molecule has 0 aliphatic heterocycles. The minimum atomic E-state index is 0.239. The highest BCUT2D eigenvalue weighted by molar-refractivity contribution is 7.07. The van der Waals surface area contributed by atoms with Crippen molar-refractivity contribution in [2.75, 3.05) is 7.05 Å². The van der Waals surface area contributed by atoms with E-state index in [-0.39, 0.29) is 11.9 Å². The van der Waals surface area contributed by atoms with Crippen molar-refractivity contribution in [2.24, 2.45) is 5.73 Å².